The molecule has 0 aromatic heterocycles. The van der Waals surface area contributed by atoms with Crippen LogP contribution in [0.4, 0.5) is 0 Å². The van der Waals surface area contributed by atoms with Crippen LogP contribution >= 0.6 is 0 Å². The van der Waals surface area contributed by atoms with Gasteiger partial charge in [-0.1, -0.05) is 75.1 Å². The van der Waals surface area contributed by atoms with Crippen molar-refractivity contribution < 1.29 is 0 Å². The normalized spacial score (nSPS) is 10.2. The smallest absolute Gasteiger partial charge is 0.0178 e. The minimum atomic E-state index is 1.13. The highest BCUT2D eigenvalue weighted by Crippen LogP contribution is 2.24. The number of hydrogen-bond acceptors (Lipinski definition) is 0. The molecule has 0 unspecified atom stereocenters. The Morgan fingerprint density at radius 3 is 2.05 bits per heavy atom. The van der Waals surface area contributed by atoms with Gasteiger partial charge in [0, 0.05) is 0 Å². The molecule has 0 radical (unpaired) electrons. The Morgan fingerprint density at radius 1 is 0.842 bits per heavy atom. The Hall–Kier alpha value is -2.08. The molecule has 0 nitrogen and oxygen atoms in total. The molecule has 0 atom stereocenters. The van der Waals surface area contributed by atoms with Crippen LogP contribution < -0.4 is 0 Å². The minimum Gasteiger partial charge on any atom is -0.0984 e. The molecule has 96 valence electrons. The summed E-state index contributed by atoms with van der Waals surface area (Å²) < 4.78 is 0. The van der Waals surface area contributed by atoms with Crippen LogP contribution in [0.1, 0.15) is 30.0 Å². The van der Waals surface area contributed by atoms with Gasteiger partial charge in [0.05, 0.1) is 0 Å². The van der Waals surface area contributed by atoms with E-state index in [9.17, 15) is 0 Å². The molecule has 0 amide bonds. The van der Waals surface area contributed by atoms with Crippen LogP contribution in [0, 0.1) is 0 Å². The Morgan fingerprint density at radius 2 is 1.47 bits per heavy atom. The van der Waals surface area contributed by atoms with E-state index in [1.807, 2.05) is 12.2 Å². The quantitative estimate of drug-likeness (QED) is 0.646. The van der Waals surface area contributed by atoms with Gasteiger partial charge in [-0.15, -0.1) is 0 Å². The fourth-order valence-electron chi connectivity index (χ4n) is 2.27. The van der Waals surface area contributed by atoms with Gasteiger partial charge in [0.1, 0.15) is 0 Å². The highest BCUT2D eigenvalue weighted by atomic mass is 14.1. The zero-order chi connectivity index (χ0) is 13.7. The first kappa shape index (κ1) is 13.4. The lowest BCUT2D eigenvalue weighted by Gasteiger charge is -2.07. The van der Waals surface area contributed by atoms with Crippen LogP contribution in [0.15, 0.2) is 55.6 Å². The van der Waals surface area contributed by atoms with E-state index in [1.165, 1.54) is 23.1 Å². The van der Waals surface area contributed by atoms with E-state index in [-0.39, 0.29) is 0 Å². The first-order chi connectivity index (χ1) is 9.28. The highest BCUT2D eigenvalue weighted by molar-refractivity contribution is 5.72. The van der Waals surface area contributed by atoms with E-state index in [4.69, 9.17) is 0 Å². The molecule has 0 heterocycles. The number of benzene rings is 2. The Kier molecular flexibility index (Phi) is 4.35. The zero-order valence-corrected chi connectivity index (χ0v) is 11.5. The van der Waals surface area contributed by atoms with Crippen LogP contribution in [0.3, 0.4) is 0 Å². The van der Waals surface area contributed by atoms with Crippen LogP contribution in [-0.2, 0) is 6.42 Å². The van der Waals surface area contributed by atoms with Crippen LogP contribution in [0.25, 0.3) is 23.3 Å². The molecule has 2 aromatic carbocycles. The van der Waals surface area contributed by atoms with Crippen LogP contribution in [0.2, 0.25) is 0 Å². The minimum absolute atomic E-state index is 1.13. The summed E-state index contributed by atoms with van der Waals surface area (Å²) in [5, 5.41) is 0. The van der Waals surface area contributed by atoms with Gasteiger partial charge in [0.15, 0.2) is 0 Å². The van der Waals surface area contributed by atoms with E-state index in [0.29, 0.717) is 0 Å². The van der Waals surface area contributed by atoms with E-state index in [1.54, 1.807) is 0 Å². The van der Waals surface area contributed by atoms with Crippen LogP contribution in [-0.4, -0.2) is 0 Å². The third-order valence-electron chi connectivity index (χ3n) is 3.35. The molecule has 0 aliphatic carbocycles. The number of aryl methyl sites for hydroxylation is 1. The second-order valence-corrected chi connectivity index (χ2v) is 4.70. The van der Waals surface area contributed by atoms with Crippen molar-refractivity contribution in [2.24, 2.45) is 0 Å². The van der Waals surface area contributed by atoms with E-state index in [2.05, 4.69) is 62.5 Å². The maximum atomic E-state index is 3.86. The summed E-state index contributed by atoms with van der Waals surface area (Å²) >= 11 is 0. The van der Waals surface area contributed by atoms with Gasteiger partial charge in [-0.25, -0.2) is 0 Å². The highest BCUT2D eigenvalue weighted by Gasteiger charge is 2.01. The molecule has 0 fully saturated rings. The molecule has 0 saturated carbocycles. The van der Waals surface area contributed by atoms with Gasteiger partial charge < -0.3 is 0 Å². The van der Waals surface area contributed by atoms with E-state index < -0.39 is 0 Å². The fraction of sp³-hybridized carbons (Fsp3) is 0.158. The van der Waals surface area contributed by atoms with Crippen molar-refractivity contribution in [2.45, 2.75) is 19.8 Å². The summed E-state index contributed by atoms with van der Waals surface area (Å²) in [7, 11) is 0. The van der Waals surface area contributed by atoms with Crippen molar-refractivity contribution in [3.05, 3.63) is 72.3 Å². The van der Waals surface area contributed by atoms with Crippen molar-refractivity contribution >= 4 is 12.2 Å². The van der Waals surface area contributed by atoms with Gasteiger partial charge in [-0.2, -0.15) is 0 Å². The maximum Gasteiger partial charge on any atom is -0.0178 e. The lowest BCUT2D eigenvalue weighted by Crippen LogP contribution is -1.86. The lowest BCUT2D eigenvalue weighted by atomic mass is 9.98. The summed E-state index contributed by atoms with van der Waals surface area (Å²) in [5.74, 6) is 0. The molecule has 19 heavy (non-hydrogen) atoms. The fourth-order valence-corrected chi connectivity index (χ4v) is 2.27. The molecule has 0 aliphatic rings. The largest absolute Gasteiger partial charge is 0.0984 e. The first-order valence-corrected chi connectivity index (χ1v) is 6.76. The maximum absolute atomic E-state index is 3.86. The summed E-state index contributed by atoms with van der Waals surface area (Å²) in [5.41, 5.74) is 6.13. The molecule has 2 rings (SSSR count). The second kappa shape index (κ2) is 6.19. The summed E-state index contributed by atoms with van der Waals surface area (Å²) in [6.45, 7) is 9.90. The first-order valence-electron chi connectivity index (χ1n) is 6.76. The van der Waals surface area contributed by atoms with Gasteiger partial charge in [0.2, 0.25) is 0 Å². The van der Waals surface area contributed by atoms with E-state index >= 15 is 0 Å². The average molecular weight is 248 g/mol. The van der Waals surface area contributed by atoms with E-state index in [0.717, 1.165) is 17.5 Å². The topological polar surface area (TPSA) is 0 Å². The molecule has 2 aromatic rings. The molecule has 0 saturated heterocycles. The molecular weight excluding hydrogens is 228 g/mol. The molecule has 0 spiro atoms. The Balaban J connectivity index is 2.35. The summed E-state index contributed by atoms with van der Waals surface area (Å²) in [6, 6.07) is 15.2. The zero-order valence-electron chi connectivity index (χ0n) is 11.5. The van der Waals surface area contributed by atoms with Gasteiger partial charge in [0.25, 0.3) is 0 Å². The van der Waals surface area contributed by atoms with Crippen molar-refractivity contribution in [1.29, 1.82) is 0 Å². The summed E-state index contributed by atoms with van der Waals surface area (Å²) in [6.07, 6.45) is 6.08. The van der Waals surface area contributed by atoms with Gasteiger partial charge in [-0.05, 0) is 40.3 Å². The van der Waals surface area contributed by atoms with Crippen molar-refractivity contribution in [2.75, 3.05) is 0 Å². The molecule has 0 heteroatoms. The third kappa shape index (κ3) is 3.03. The molecule has 0 bridgehead atoms. The predicted molar refractivity (Wildman–Crippen MR) is 86.1 cm³/mol. The Bertz CT molecular complexity index is 573. The standard InChI is InChI=1S/C19H20/c1-4-7-15-8-10-18(11-9-15)19-13-12-16(5-2)17(6-3)14-19/h5-6,8-14H,2-4,7H2,1H3. The Labute approximate surface area is 116 Å². The molecular formula is C19H20. The SMILES string of the molecule is C=Cc1ccc(-c2ccc(CCC)cc2)cc1C=C. The molecule has 0 N–H and O–H groups in total. The van der Waals surface area contributed by atoms with Gasteiger partial charge >= 0.3 is 0 Å². The monoisotopic (exact) mass is 248 g/mol. The van der Waals surface area contributed by atoms with Crippen LogP contribution in [0.5, 0.6) is 0 Å². The predicted octanol–water partition coefficient (Wildman–Crippen LogP) is 5.59. The van der Waals surface area contributed by atoms with Crippen molar-refractivity contribution in [1.82, 2.24) is 0 Å². The molecule has 0 aliphatic heterocycles. The van der Waals surface area contributed by atoms with Crippen molar-refractivity contribution in [3.8, 4) is 11.1 Å². The number of hydrogen-bond donors (Lipinski definition) is 0. The average Bonchev–Trinajstić information content (AvgIpc) is 2.47. The summed E-state index contributed by atoms with van der Waals surface area (Å²) in [4.78, 5) is 0. The third-order valence-corrected chi connectivity index (χ3v) is 3.35. The second-order valence-electron chi connectivity index (χ2n) is 4.70. The lowest BCUT2D eigenvalue weighted by molar-refractivity contribution is 0.922. The number of rotatable bonds is 5. The van der Waals surface area contributed by atoms with Crippen molar-refractivity contribution in [3.63, 3.8) is 0 Å². The van der Waals surface area contributed by atoms with Gasteiger partial charge in [-0.3, -0.25) is 0 Å².